The molecule has 0 spiro atoms. The second-order valence-electron chi connectivity index (χ2n) is 10.4. The molecule has 0 bridgehead atoms. The van der Waals surface area contributed by atoms with Gasteiger partial charge in [-0.15, -0.1) is 11.3 Å². The number of aliphatic hydroxyl groups is 1. The second-order valence-corrected chi connectivity index (χ2v) is 11.7. The molecule has 0 amide bonds. The number of carboxylic acids is 1. The van der Waals surface area contributed by atoms with Gasteiger partial charge in [0.25, 0.3) is 0 Å². The zero-order valence-corrected chi connectivity index (χ0v) is 25.6. The van der Waals surface area contributed by atoms with Crippen molar-refractivity contribution in [1.29, 1.82) is 5.26 Å². The highest BCUT2D eigenvalue weighted by Gasteiger charge is 2.32. The number of rotatable bonds is 12. The summed E-state index contributed by atoms with van der Waals surface area (Å²) in [5.74, 6) is -0.417. The highest BCUT2D eigenvalue weighted by Crippen LogP contribution is 2.35. The molecule has 3 N–H and O–H groups in total. The molecule has 1 unspecified atom stereocenters. The van der Waals surface area contributed by atoms with Crippen molar-refractivity contribution in [3.05, 3.63) is 105 Å². The standard InChI is InChI=1S/C33H29ClN4O5S/c1-20-24(4-3-5-26(20)23-6-7-28-31(10-23)44-19-37-28)17-43-30-11-29(42-16-22-8-21(12-35)13-36-14-22)25(9-27(30)34)15-38-33(2,18-39)32(40)41/h3-11,13-14,19,38-39H,15-18H2,1-2H3,(H,40,41). The van der Waals surface area contributed by atoms with Crippen molar-refractivity contribution in [3.8, 4) is 28.7 Å². The number of aliphatic hydroxyl groups excluding tert-OH is 1. The van der Waals surface area contributed by atoms with Gasteiger partial charge in [0.1, 0.15) is 36.3 Å². The first kappa shape index (κ1) is 30.9. The lowest BCUT2D eigenvalue weighted by Gasteiger charge is -2.25. The van der Waals surface area contributed by atoms with E-state index in [-0.39, 0.29) is 19.8 Å². The molecule has 1 atom stereocenters. The number of aromatic nitrogens is 2. The minimum absolute atomic E-state index is 0.0421. The van der Waals surface area contributed by atoms with E-state index in [1.807, 2.05) is 23.7 Å². The van der Waals surface area contributed by atoms with Gasteiger partial charge in [-0.25, -0.2) is 4.98 Å². The monoisotopic (exact) mass is 628 g/mol. The Labute approximate surface area is 263 Å². The molecule has 9 nitrogen and oxygen atoms in total. The second kappa shape index (κ2) is 13.4. The molecule has 0 aliphatic heterocycles. The zero-order valence-electron chi connectivity index (χ0n) is 24.0. The quantitative estimate of drug-likeness (QED) is 0.146. The first-order chi connectivity index (χ1) is 21.2. The summed E-state index contributed by atoms with van der Waals surface area (Å²) in [7, 11) is 0. The van der Waals surface area contributed by atoms with Crippen LogP contribution in [-0.2, 0) is 24.6 Å². The first-order valence-corrected chi connectivity index (χ1v) is 14.9. The lowest BCUT2D eigenvalue weighted by molar-refractivity contribution is -0.145. The molecule has 224 valence electrons. The van der Waals surface area contributed by atoms with Gasteiger partial charge in [-0.2, -0.15) is 5.26 Å². The van der Waals surface area contributed by atoms with Crippen LogP contribution in [-0.4, -0.2) is 38.3 Å². The van der Waals surface area contributed by atoms with E-state index >= 15 is 0 Å². The summed E-state index contributed by atoms with van der Waals surface area (Å²) in [5, 5.41) is 31.7. The number of hydrogen-bond donors (Lipinski definition) is 3. The summed E-state index contributed by atoms with van der Waals surface area (Å²) in [6.45, 7) is 3.21. The van der Waals surface area contributed by atoms with Crippen LogP contribution in [0.25, 0.3) is 21.3 Å². The normalized spacial score (nSPS) is 12.4. The number of benzene rings is 3. The molecule has 0 saturated carbocycles. The van der Waals surface area contributed by atoms with Crippen LogP contribution in [0, 0.1) is 18.3 Å². The summed E-state index contributed by atoms with van der Waals surface area (Å²) in [6, 6.07) is 19.3. The van der Waals surface area contributed by atoms with Crippen LogP contribution in [0.15, 0.2) is 72.5 Å². The number of carboxylic acid groups (broad SMARTS) is 1. The zero-order chi connectivity index (χ0) is 31.3. The third-order valence-electron chi connectivity index (χ3n) is 7.36. The van der Waals surface area contributed by atoms with Gasteiger partial charge in [0, 0.05) is 36.1 Å². The van der Waals surface area contributed by atoms with E-state index < -0.39 is 18.1 Å². The number of pyridine rings is 1. The van der Waals surface area contributed by atoms with Gasteiger partial charge >= 0.3 is 5.97 Å². The molecule has 0 fully saturated rings. The molecule has 5 rings (SSSR count). The summed E-state index contributed by atoms with van der Waals surface area (Å²) >= 11 is 8.26. The molecule has 0 aliphatic carbocycles. The number of halogens is 1. The van der Waals surface area contributed by atoms with Gasteiger partial charge in [0.15, 0.2) is 0 Å². The number of carbonyl (C=O) groups is 1. The molecular formula is C33H29ClN4O5S. The molecular weight excluding hydrogens is 600 g/mol. The minimum Gasteiger partial charge on any atom is -0.488 e. The van der Waals surface area contributed by atoms with Crippen molar-refractivity contribution in [2.45, 2.75) is 39.1 Å². The van der Waals surface area contributed by atoms with Gasteiger partial charge < -0.3 is 19.7 Å². The molecule has 5 aromatic rings. The molecule has 0 radical (unpaired) electrons. The number of nitrogens with zero attached hydrogens (tertiary/aromatic N) is 3. The van der Waals surface area contributed by atoms with Crippen molar-refractivity contribution >= 4 is 39.1 Å². The van der Waals surface area contributed by atoms with Gasteiger partial charge in [0.2, 0.25) is 0 Å². The molecule has 0 aliphatic rings. The molecule has 0 saturated heterocycles. The fourth-order valence-corrected chi connectivity index (χ4v) is 5.53. The number of fused-ring (bicyclic) bond motifs is 1. The molecule has 11 heteroatoms. The molecule has 3 aromatic carbocycles. The Bertz CT molecular complexity index is 1870. The number of thiazole rings is 1. The van der Waals surface area contributed by atoms with Crippen molar-refractivity contribution in [2.24, 2.45) is 0 Å². The van der Waals surface area contributed by atoms with Crippen LogP contribution < -0.4 is 14.8 Å². The van der Waals surface area contributed by atoms with E-state index in [2.05, 4.69) is 46.5 Å². The SMILES string of the molecule is Cc1c(COc2cc(OCc3cncc(C#N)c3)c(CNC(C)(CO)C(=O)O)cc2Cl)cccc1-c1ccc2ncsc2c1. The summed E-state index contributed by atoms with van der Waals surface area (Å²) in [5.41, 5.74) is 7.12. The maximum absolute atomic E-state index is 11.7. The van der Waals surface area contributed by atoms with E-state index in [9.17, 15) is 20.3 Å². The Morgan fingerprint density at radius 1 is 1.09 bits per heavy atom. The van der Waals surface area contributed by atoms with Crippen molar-refractivity contribution in [1.82, 2.24) is 15.3 Å². The Hall–Kier alpha value is -4.53. The summed E-state index contributed by atoms with van der Waals surface area (Å²) in [6.07, 6.45) is 3.06. The maximum atomic E-state index is 11.7. The fraction of sp³-hybridized carbons (Fsp3) is 0.212. The Morgan fingerprint density at radius 2 is 1.91 bits per heavy atom. The smallest absolute Gasteiger partial charge is 0.326 e. The average Bonchev–Trinajstić information content (AvgIpc) is 3.51. The number of nitriles is 1. The van der Waals surface area contributed by atoms with E-state index in [4.69, 9.17) is 21.1 Å². The van der Waals surface area contributed by atoms with Crippen molar-refractivity contribution < 1.29 is 24.5 Å². The first-order valence-electron chi connectivity index (χ1n) is 13.6. The van der Waals surface area contributed by atoms with Gasteiger partial charge in [-0.1, -0.05) is 35.9 Å². The van der Waals surface area contributed by atoms with E-state index in [0.29, 0.717) is 33.2 Å². The average molecular weight is 629 g/mol. The fourth-order valence-electron chi connectivity index (χ4n) is 4.57. The number of nitrogens with one attached hydrogen (secondary N) is 1. The van der Waals surface area contributed by atoms with Gasteiger partial charge in [-0.05, 0) is 60.4 Å². The number of ether oxygens (including phenoxy) is 2. The maximum Gasteiger partial charge on any atom is 0.326 e. The molecule has 44 heavy (non-hydrogen) atoms. The minimum atomic E-state index is -1.57. The topological polar surface area (TPSA) is 138 Å². The van der Waals surface area contributed by atoms with Crippen LogP contribution in [0.5, 0.6) is 11.5 Å². The largest absolute Gasteiger partial charge is 0.488 e. The van der Waals surface area contributed by atoms with Gasteiger partial charge in [0.05, 0.1) is 32.9 Å². The van der Waals surface area contributed by atoms with Crippen LogP contribution >= 0.6 is 22.9 Å². The third kappa shape index (κ3) is 6.82. The van der Waals surface area contributed by atoms with E-state index in [1.54, 1.807) is 35.7 Å². The van der Waals surface area contributed by atoms with E-state index in [0.717, 1.165) is 32.5 Å². The van der Waals surface area contributed by atoms with Gasteiger partial charge in [-0.3, -0.25) is 15.1 Å². The predicted octanol–water partition coefficient (Wildman–Crippen LogP) is 6.28. The van der Waals surface area contributed by atoms with Crippen molar-refractivity contribution in [3.63, 3.8) is 0 Å². The number of aliphatic carboxylic acids is 1. The summed E-state index contributed by atoms with van der Waals surface area (Å²) in [4.78, 5) is 20.2. The predicted molar refractivity (Wildman–Crippen MR) is 169 cm³/mol. The Morgan fingerprint density at radius 3 is 2.68 bits per heavy atom. The van der Waals surface area contributed by atoms with Crippen LogP contribution in [0.4, 0.5) is 0 Å². The van der Waals surface area contributed by atoms with Crippen LogP contribution in [0.2, 0.25) is 5.02 Å². The van der Waals surface area contributed by atoms with Crippen LogP contribution in [0.3, 0.4) is 0 Å². The highest BCUT2D eigenvalue weighted by atomic mass is 35.5. The highest BCUT2D eigenvalue weighted by molar-refractivity contribution is 7.16. The lowest BCUT2D eigenvalue weighted by atomic mass is 9.96. The Balaban J connectivity index is 1.40. The Kier molecular flexibility index (Phi) is 9.42. The summed E-state index contributed by atoms with van der Waals surface area (Å²) < 4.78 is 13.4. The molecule has 2 aromatic heterocycles. The van der Waals surface area contributed by atoms with E-state index in [1.165, 1.54) is 13.1 Å². The lowest BCUT2D eigenvalue weighted by Crippen LogP contribution is -2.52. The van der Waals surface area contributed by atoms with Crippen molar-refractivity contribution in [2.75, 3.05) is 6.61 Å². The number of hydrogen-bond acceptors (Lipinski definition) is 9. The third-order valence-corrected chi connectivity index (χ3v) is 8.45. The molecule has 2 heterocycles. The van der Waals surface area contributed by atoms with Crippen LogP contribution in [0.1, 0.15) is 34.7 Å².